The molecule has 0 spiro atoms. The number of hydrogen-bond acceptors (Lipinski definition) is 2. The fourth-order valence-corrected chi connectivity index (χ4v) is 1.60. The molecule has 1 aromatic rings. The Kier molecular flexibility index (Phi) is 6.77. The zero-order valence-electron chi connectivity index (χ0n) is 11.2. The van der Waals surface area contributed by atoms with Crippen LogP contribution in [0.3, 0.4) is 0 Å². The normalized spacial score (nSPS) is 13.6. The van der Waals surface area contributed by atoms with Gasteiger partial charge in [-0.05, 0) is 31.0 Å². The average molecular weight is 309 g/mol. The molecule has 19 heavy (non-hydrogen) atoms. The molecule has 0 aliphatic heterocycles. The first kappa shape index (κ1) is 18.2. The highest BCUT2D eigenvalue weighted by atomic mass is 35.5. The van der Waals surface area contributed by atoms with Crippen LogP contribution in [0.15, 0.2) is 18.2 Å². The Hall–Kier alpha value is -0.840. The molecule has 0 radical (unpaired) electrons. The quantitative estimate of drug-likeness (QED) is 0.898. The van der Waals surface area contributed by atoms with E-state index >= 15 is 0 Å². The fourth-order valence-electron chi connectivity index (χ4n) is 1.43. The molecule has 0 heterocycles. The maximum Gasteiger partial charge on any atom is 0.254 e. The summed E-state index contributed by atoms with van der Waals surface area (Å²) >= 11 is 5.76. The van der Waals surface area contributed by atoms with Gasteiger partial charge in [0, 0.05) is 11.6 Å². The second-order valence-corrected chi connectivity index (χ2v) is 5.29. The van der Waals surface area contributed by atoms with E-state index in [1.54, 1.807) is 0 Å². The molecule has 1 unspecified atom stereocenters. The van der Waals surface area contributed by atoms with E-state index in [0.29, 0.717) is 5.02 Å². The Labute approximate surface area is 124 Å². The van der Waals surface area contributed by atoms with Gasteiger partial charge in [-0.1, -0.05) is 25.4 Å². The molecule has 0 saturated carbocycles. The lowest BCUT2D eigenvalue weighted by molar-refractivity contribution is 0.0879. The number of nitrogens with two attached hydrogens (primary N) is 1. The van der Waals surface area contributed by atoms with Crippen LogP contribution in [0.25, 0.3) is 0 Å². The lowest BCUT2D eigenvalue weighted by atomic mass is 9.88. The Bertz CT molecular complexity index is 454. The number of nitrogens with one attached hydrogen (secondary N) is 1. The minimum atomic E-state index is -0.597. The molecule has 3 nitrogen and oxygen atoms in total. The van der Waals surface area contributed by atoms with Gasteiger partial charge in [0.05, 0.1) is 11.1 Å². The van der Waals surface area contributed by atoms with Crippen molar-refractivity contribution in [3.63, 3.8) is 0 Å². The number of carbonyl (C=O) groups is 1. The Morgan fingerprint density at radius 2 is 2.11 bits per heavy atom. The van der Waals surface area contributed by atoms with Gasteiger partial charge in [0.2, 0.25) is 0 Å². The van der Waals surface area contributed by atoms with Crippen LogP contribution in [-0.2, 0) is 0 Å². The topological polar surface area (TPSA) is 55.1 Å². The second-order valence-electron chi connectivity index (χ2n) is 4.85. The zero-order valence-corrected chi connectivity index (χ0v) is 12.7. The highest BCUT2D eigenvalue weighted by Gasteiger charge is 2.29. The van der Waals surface area contributed by atoms with E-state index in [1.165, 1.54) is 18.2 Å². The van der Waals surface area contributed by atoms with Crippen molar-refractivity contribution in [1.82, 2.24) is 5.32 Å². The van der Waals surface area contributed by atoms with E-state index in [-0.39, 0.29) is 30.4 Å². The molecule has 1 atom stereocenters. The van der Waals surface area contributed by atoms with Crippen LogP contribution in [0.5, 0.6) is 0 Å². The molecule has 0 bridgehead atoms. The van der Waals surface area contributed by atoms with Crippen LogP contribution >= 0.6 is 24.0 Å². The minimum absolute atomic E-state index is 0. The Morgan fingerprint density at radius 1 is 1.53 bits per heavy atom. The SMILES string of the molecule is CC(C)C(C)(CN)NC(=O)c1cc(Cl)ccc1F.Cl. The van der Waals surface area contributed by atoms with Crippen molar-refractivity contribution in [2.24, 2.45) is 11.7 Å². The smallest absolute Gasteiger partial charge is 0.254 e. The maximum atomic E-state index is 13.5. The molecular weight excluding hydrogens is 290 g/mol. The summed E-state index contributed by atoms with van der Waals surface area (Å²) < 4.78 is 13.5. The summed E-state index contributed by atoms with van der Waals surface area (Å²) in [5.74, 6) is -0.967. The largest absolute Gasteiger partial charge is 0.345 e. The summed E-state index contributed by atoms with van der Waals surface area (Å²) in [7, 11) is 0. The Balaban J connectivity index is 0.00000324. The first-order valence-electron chi connectivity index (χ1n) is 5.78. The lowest BCUT2D eigenvalue weighted by Gasteiger charge is -2.33. The fraction of sp³-hybridized carbons (Fsp3) is 0.462. The number of hydrogen-bond donors (Lipinski definition) is 2. The van der Waals surface area contributed by atoms with Crippen LogP contribution < -0.4 is 11.1 Å². The van der Waals surface area contributed by atoms with Crippen molar-refractivity contribution < 1.29 is 9.18 Å². The van der Waals surface area contributed by atoms with E-state index in [9.17, 15) is 9.18 Å². The van der Waals surface area contributed by atoms with Crippen molar-refractivity contribution >= 4 is 29.9 Å². The summed E-state index contributed by atoms with van der Waals surface area (Å²) in [4.78, 5) is 12.0. The van der Waals surface area contributed by atoms with Gasteiger partial charge in [-0.25, -0.2) is 4.39 Å². The first-order chi connectivity index (χ1) is 8.30. The van der Waals surface area contributed by atoms with E-state index in [2.05, 4.69) is 5.32 Å². The van der Waals surface area contributed by atoms with E-state index in [4.69, 9.17) is 17.3 Å². The lowest BCUT2D eigenvalue weighted by Crippen LogP contribution is -2.55. The number of benzene rings is 1. The van der Waals surface area contributed by atoms with Gasteiger partial charge >= 0.3 is 0 Å². The van der Waals surface area contributed by atoms with Gasteiger partial charge in [-0.3, -0.25) is 4.79 Å². The molecular formula is C13H19Cl2FN2O. The first-order valence-corrected chi connectivity index (χ1v) is 6.15. The summed E-state index contributed by atoms with van der Waals surface area (Å²) in [6.07, 6.45) is 0. The molecule has 1 amide bonds. The standard InChI is InChI=1S/C13H18ClFN2O.ClH/c1-8(2)13(3,7-16)17-12(18)10-6-9(14)4-5-11(10)15;/h4-6,8H,7,16H2,1-3H3,(H,17,18);1H. The predicted molar refractivity (Wildman–Crippen MR) is 78.4 cm³/mol. The summed E-state index contributed by atoms with van der Waals surface area (Å²) in [6, 6.07) is 3.88. The van der Waals surface area contributed by atoms with Crippen LogP contribution in [0.1, 0.15) is 31.1 Å². The van der Waals surface area contributed by atoms with Gasteiger partial charge in [-0.2, -0.15) is 0 Å². The number of carbonyl (C=O) groups excluding carboxylic acids is 1. The molecule has 0 aliphatic carbocycles. The van der Waals surface area contributed by atoms with Crippen molar-refractivity contribution in [2.75, 3.05) is 6.54 Å². The summed E-state index contributed by atoms with van der Waals surface area (Å²) in [6.45, 7) is 6.00. The third-order valence-corrected chi connectivity index (χ3v) is 3.51. The molecule has 0 aromatic heterocycles. The summed E-state index contributed by atoms with van der Waals surface area (Å²) in [5, 5.41) is 3.08. The molecule has 0 aliphatic rings. The monoisotopic (exact) mass is 308 g/mol. The van der Waals surface area contributed by atoms with Crippen molar-refractivity contribution in [1.29, 1.82) is 0 Å². The minimum Gasteiger partial charge on any atom is -0.345 e. The van der Waals surface area contributed by atoms with Gasteiger partial charge in [-0.15, -0.1) is 12.4 Å². The van der Waals surface area contributed by atoms with Gasteiger partial charge in [0.25, 0.3) is 5.91 Å². The molecule has 0 saturated heterocycles. The molecule has 0 fully saturated rings. The van der Waals surface area contributed by atoms with Gasteiger partial charge in [0.1, 0.15) is 5.82 Å². The Morgan fingerprint density at radius 3 is 2.58 bits per heavy atom. The van der Waals surface area contributed by atoms with Crippen LogP contribution in [0.4, 0.5) is 4.39 Å². The average Bonchev–Trinajstić information content (AvgIpc) is 2.31. The third kappa shape index (κ3) is 4.34. The van der Waals surface area contributed by atoms with Crippen molar-refractivity contribution in [3.8, 4) is 0 Å². The second kappa shape index (κ2) is 7.08. The predicted octanol–water partition coefficient (Wildman–Crippen LogP) is 3.00. The van der Waals surface area contributed by atoms with E-state index in [0.717, 1.165) is 0 Å². The molecule has 6 heteroatoms. The van der Waals surface area contributed by atoms with Gasteiger partial charge < -0.3 is 11.1 Å². The third-order valence-electron chi connectivity index (χ3n) is 3.27. The zero-order chi connectivity index (χ0) is 13.9. The molecule has 108 valence electrons. The van der Waals surface area contributed by atoms with Crippen molar-refractivity contribution in [3.05, 3.63) is 34.6 Å². The van der Waals surface area contributed by atoms with Crippen LogP contribution in [0.2, 0.25) is 5.02 Å². The number of halogens is 3. The van der Waals surface area contributed by atoms with Crippen LogP contribution in [0, 0.1) is 11.7 Å². The molecule has 1 aromatic carbocycles. The van der Waals surface area contributed by atoms with E-state index in [1.807, 2.05) is 20.8 Å². The van der Waals surface area contributed by atoms with Crippen molar-refractivity contribution in [2.45, 2.75) is 26.3 Å². The highest BCUT2D eigenvalue weighted by Crippen LogP contribution is 2.19. The highest BCUT2D eigenvalue weighted by molar-refractivity contribution is 6.31. The number of rotatable bonds is 4. The molecule has 1 rings (SSSR count). The molecule has 3 N–H and O–H groups in total. The van der Waals surface area contributed by atoms with Crippen LogP contribution in [-0.4, -0.2) is 18.0 Å². The number of amides is 1. The maximum absolute atomic E-state index is 13.5. The summed E-state index contributed by atoms with van der Waals surface area (Å²) in [5.41, 5.74) is 5.02. The van der Waals surface area contributed by atoms with E-state index < -0.39 is 17.3 Å². The van der Waals surface area contributed by atoms with Gasteiger partial charge in [0.15, 0.2) is 0 Å².